The van der Waals surface area contributed by atoms with Crippen LogP contribution in [0.3, 0.4) is 0 Å². The topological polar surface area (TPSA) is 84.2 Å². The molecule has 0 atom stereocenters. The fourth-order valence-corrected chi connectivity index (χ4v) is 4.60. The predicted molar refractivity (Wildman–Crippen MR) is 150 cm³/mol. The number of aromatic hydroxyl groups is 1. The Bertz CT molecular complexity index is 1670. The number of fused-ring (bicyclic) bond motifs is 1. The molecule has 1 aromatic heterocycles. The van der Waals surface area contributed by atoms with E-state index in [0.29, 0.717) is 0 Å². The summed E-state index contributed by atoms with van der Waals surface area (Å²) in [6.07, 6.45) is -4.68. The first-order chi connectivity index (χ1) is 18.1. The van der Waals surface area contributed by atoms with Gasteiger partial charge in [-0.25, -0.2) is 9.37 Å². The number of halogens is 6. The Morgan fingerprint density at radius 3 is 2.26 bits per heavy atom. The number of phenolic OH excluding ortho intramolecular Hbond substituents is 1. The van der Waals surface area contributed by atoms with E-state index in [1.807, 2.05) is 0 Å². The van der Waals surface area contributed by atoms with Crippen LogP contribution in [0.2, 0.25) is 10.0 Å². The standard InChI is InChI=1S/C24H18B3Cl2F4N3O3/c25-23(26,27)22-35-18-15(30)5-6-16(34-20(38)11-7-13(28)19(37)14(29)8-11)17(18)21(39)36(22)9-10-3-1-2-4-12(10)24(31,32)33/h1-8,37H,9,25-27H2,(H,34,38). The van der Waals surface area contributed by atoms with Gasteiger partial charge in [-0.15, -0.1) is 0 Å². The Morgan fingerprint density at radius 1 is 1.05 bits per heavy atom. The number of amides is 1. The maximum Gasteiger partial charge on any atom is 0.416 e. The molecule has 0 aliphatic heterocycles. The number of hydrogen-bond donors (Lipinski definition) is 2. The van der Waals surface area contributed by atoms with Crippen molar-refractivity contribution in [1.29, 1.82) is 0 Å². The molecule has 0 saturated heterocycles. The Labute approximate surface area is 232 Å². The predicted octanol–water partition coefficient (Wildman–Crippen LogP) is 2.88. The lowest BCUT2D eigenvalue weighted by molar-refractivity contribution is -0.138. The summed E-state index contributed by atoms with van der Waals surface area (Å²) < 4.78 is 57.1. The highest BCUT2D eigenvalue weighted by atomic mass is 35.5. The lowest BCUT2D eigenvalue weighted by Crippen LogP contribution is -2.39. The van der Waals surface area contributed by atoms with Crippen molar-refractivity contribution in [2.24, 2.45) is 0 Å². The zero-order valence-electron chi connectivity index (χ0n) is 20.8. The summed E-state index contributed by atoms with van der Waals surface area (Å²) in [7, 11) is 5.07. The molecule has 3 aromatic carbocycles. The summed E-state index contributed by atoms with van der Waals surface area (Å²) in [5, 5.41) is 10.7. The van der Waals surface area contributed by atoms with E-state index in [4.69, 9.17) is 23.2 Å². The third-order valence-corrected chi connectivity index (χ3v) is 6.49. The van der Waals surface area contributed by atoms with E-state index in [-0.39, 0.29) is 43.6 Å². The minimum Gasteiger partial charge on any atom is -0.505 e. The van der Waals surface area contributed by atoms with E-state index in [9.17, 15) is 32.3 Å². The van der Waals surface area contributed by atoms with Gasteiger partial charge < -0.3 is 10.4 Å². The molecule has 198 valence electrons. The molecule has 0 unspecified atom stereocenters. The average molecular weight is 576 g/mol. The number of aromatic nitrogens is 2. The highest BCUT2D eigenvalue weighted by Crippen LogP contribution is 2.34. The number of anilines is 1. The molecule has 4 aromatic rings. The van der Waals surface area contributed by atoms with E-state index in [1.54, 1.807) is 23.5 Å². The number of hydrogen-bond acceptors (Lipinski definition) is 4. The molecule has 15 heteroatoms. The van der Waals surface area contributed by atoms with E-state index < -0.39 is 46.4 Å². The minimum absolute atomic E-state index is 0.0523. The molecule has 0 spiro atoms. The molecule has 6 nitrogen and oxygen atoms in total. The van der Waals surface area contributed by atoms with Crippen LogP contribution in [0.15, 0.2) is 53.3 Å². The zero-order chi connectivity index (χ0) is 28.9. The van der Waals surface area contributed by atoms with Crippen molar-refractivity contribution in [3.05, 3.63) is 97.3 Å². The van der Waals surface area contributed by atoms with Crippen LogP contribution in [-0.2, 0) is 17.8 Å². The quantitative estimate of drug-likeness (QED) is 0.283. The number of nitrogens with one attached hydrogen (secondary N) is 1. The molecule has 0 saturated carbocycles. The van der Waals surface area contributed by atoms with Gasteiger partial charge in [-0.2, -0.15) is 13.2 Å². The van der Waals surface area contributed by atoms with Gasteiger partial charge in [-0.3, -0.25) is 14.2 Å². The summed E-state index contributed by atoms with van der Waals surface area (Å²) in [5.41, 5.74) is -2.52. The summed E-state index contributed by atoms with van der Waals surface area (Å²) >= 11 is 11.8. The first-order valence-electron chi connectivity index (χ1n) is 11.5. The summed E-state index contributed by atoms with van der Waals surface area (Å²) in [6.45, 7) is -0.503. The highest BCUT2D eigenvalue weighted by Gasteiger charge is 2.34. The molecular weight excluding hydrogens is 558 g/mol. The van der Waals surface area contributed by atoms with Crippen molar-refractivity contribution in [2.45, 2.75) is 17.8 Å². The lowest BCUT2D eigenvalue weighted by atomic mass is 9.42. The molecular formula is C24H18B3Cl2F4N3O3. The van der Waals surface area contributed by atoms with Crippen LogP contribution < -0.4 is 10.9 Å². The number of benzene rings is 3. The molecule has 1 amide bonds. The molecule has 0 aliphatic rings. The number of phenols is 1. The van der Waals surface area contributed by atoms with Gasteiger partial charge in [0.1, 0.15) is 11.3 Å². The molecule has 1 heterocycles. The molecule has 0 fully saturated rings. The van der Waals surface area contributed by atoms with Gasteiger partial charge in [0, 0.05) is 5.56 Å². The van der Waals surface area contributed by atoms with Gasteiger partial charge in [0.25, 0.3) is 11.5 Å². The van der Waals surface area contributed by atoms with Crippen molar-refractivity contribution in [2.75, 3.05) is 5.32 Å². The Kier molecular flexibility index (Phi) is 7.53. The Hall–Kier alpha value is -3.44. The molecule has 2 N–H and O–H groups in total. The molecule has 0 bridgehead atoms. The summed E-state index contributed by atoms with van der Waals surface area (Å²) in [6, 6.07) is 9.26. The Balaban J connectivity index is 1.93. The van der Waals surface area contributed by atoms with E-state index >= 15 is 0 Å². The maximum atomic E-state index is 15.0. The monoisotopic (exact) mass is 575 g/mol. The number of nitrogens with zero attached hydrogens (tertiary/aromatic N) is 2. The second-order valence-electron chi connectivity index (χ2n) is 9.79. The summed E-state index contributed by atoms with van der Waals surface area (Å²) in [5.74, 6) is -2.02. The number of carbonyl (C=O) groups excluding carboxylic acids is 1. The van der Waals surface area contributed by atoms with Crippen LogP contribution in [0.1, 0.15) is 27.3 Å². The Morgan fingerprint density at radius 2 is 1.67 bits per heavy atom. The minimum atomic E-state index is -4.68. The number of carbonyl (C=O) groups is 1. The van der Waals surface area contributed by atoms with Gasteiger partial charge >= 0.3 is 6.18 Å². The molecule has 4 rings (SSSR count). The summed E-state index contributed by atoms with van der Waals surface area (Å²) in [4.78, 5) is 31.2. The molecule has 39 heavy (non-hydrogen) atoms. The van der Waals surface area contributed by atoms with Crippen LogP contribution in [0.5, 0.6) is 5.75 Å². The average Bonchev–Trinajstić information content (AvgIpc) is 2.84. The second kappa shape index (κ2) is 10.3. The SMILES string of the molecule is BC(B)(B)c1nc2c(F)ccc(NC(=O)c3cc(Cl)c(O)c(Cl)c3)c2c(=O)n1Cc1ccccc1C(F)(F)F. The van der Waals surface area contributed by atoms with Crippen LogP contribution in [0, 0.1) is 5.82 Å². The van der Waals surface area contributed by atoms with Crippen molar-refractivity contribution >= 4 is 69.2 Å². The van der Waals surface area contributed by atoms with E-state index in [2.05, 4.69) is 10.3 Å². The van der Waals surface area contributed by atoms with Crippen LogP contribution in [0.25, 0.3) is 10.9 Å². The van der Waals surface area contributed by atoms with Gasteiger partial charge in [0.2, 0.25) is 0 Å². The van der Waals surface area contributed by atoms with Crippen molar-refractivity contribution in [3.63, 3.8) is 0 Å². The maximum absolute atomic E-state index is 15.0. The van der Waals surface area contributed by atoms with E-state index in [1.165, 1.54) is 18.2 Å². The second-order valence-corrected chi connectivity index (χ2v) is 10.6. The van der Waals surface area contributed by atoms with Gasteiger partial charge in [-0.05, 0) is 35.9 Å². The number of rotatable bonds is 5. The molecule has 0 aliphatic carbocycles. The first-order valence-corrected chi connectivity index (χ1v) is 12.2. The fourth-order valence-electron chi connectivity index (χ4n) is 4.11. The molecule has 0 radical (unpaired) electrons. The normalized spacial score (nSPS) is 12.1. The van der Waals surface area contributed by atoms with E-state index in [0.717, 1.165) is 34.9 Å². The van der Waals surface area contributed by atoms with Gasteiger partial charge in [0.15, 0.2) is 5.75 Å². The third kappa shape index (κ3) is 5.65. The zero-order valence-corrected chi connectivity index (χ0v) is 22.3. The fraction of sp³-hybridized carbons (Fsp3) is 0.125. The van der Waals surface area contributed by atoms with Crippen molar-refractivity contribution in [1.82, 2.24) is 9.55 Å². The third-order valence-electron chi connectivity index (χ3n) is 5.91. The number of alkyl halides is 3. The van der Waals surface area contributed by atoms with Crippen molar-refractivity contribution in [3.8, 4) is 5.75 Å². The van der Waals surface area contributed by atoms with Gasteiger partial charge in [-0.1, -0.05) is 46.5 Å². The van der Waals surface area contributed by atoms with Crippen LogP contribution >= 0.6 is 23.2 Å². The van der Waals surface area contributed by atoms with Gasteiger partial charge in [0.05, 0.1) is 62.6 Å². The van der Waals surface area contributed by atoms with Crippen LogP contribution in [-0.4, -0.2) is 44.1 Å². The smallest absolute Gasteiger partial charge is 0.416 e. The highest BCUT2D eigenvalue weighted by molar-refractivity contribution is 6.58. The largest absolute Gasteiger partial charge is 0.505 e. The first kappa shape index (κ1) is 28.6. The lowest BCUT2D eigenvalue weighted by Gasteiger charge is -2.25. The van der Waals surface area contributed by atoms with Crippen molar-refractivity contribution < 1.29 is 27.5 Å². The van der Waals surface area contributed by atoms with Crippen LogP contribution in [0.4, 0.5) is 23.2 Å².